The molecule has 1 rings (SSSR count). The van der Waals surface area contributed by atoms with Crippen molar-refractivity contribution in [3.63, 3.8) is 0 Å². The Labute approximate surface area is 99.2 Å². The molecule has 0 aliphatic rings. The van der Waals surface area contributed by atoms with Crippen molar-refractivity contribution in [3.8, 4) is 0 Å². The first-order valence-corrected chi connectivity index (χ1v) is 5.33. The van der Waals surface area contributed by atoms with E-state index in [9.17, 15) is 14.0 Å². The first-order chi connectivity index (χ1) is 8.08. The maximum atomic E-state index is 12.6. The maximum absolute atomic E-state index is 12.6. The third kappa shape index (κ3) is 5.65. The third-order valence-electron chi connectivity index (χ3n) is 2.15. The molecule has 1 aromatic rings. The van der Waals surface area contributed by atoms with Crippen molar-refractivity contribution in [1.29, 1.82) is 0 Å². The molecule has 0 aliphatic heterocycles. The van der Waals surface area contributed by atoms with Gasteiger partial charge < -0.3 is 10.6 Å². The summed E-state index contributed by atoms with van der Waals surface area (Å²) in [5, 5.41) is 5.05. The molecule has 4 nitrogen and oxygen atoms in total. The van der Waals surface area contributed by atoms with Gasteiger partial charge in [0.15, 0.2) is 0 Å². The fraction of sp³-hybridized carbons (Fsp3) is 0.333. The van der Waals surface area contributed by atoms with Gasteiger partial charge in [0.1, 0.15) is 5.82 Å². The molecule has 0 radical (unpaired) electrons. The van der Waals surface area contributed by atoms with E-state index in [1.165, 1.54) is 19.1 Å². The van der Waals surface area contributed by atoms with Crippen LogP contribution in [0.15, 0.2) is 24.3 Å². The average Bonchev–Trinajstić information content (AvgIpc) is 2.29. The van der Waals surface area contributed by atoms with E-state index in [0.717, 1.165) is 5.56 Å². The molecule has 0 saturated heterocycles. The van der Waals surface area contributed by atoms with Crippen LogP contribution in [0, 0.1) is 5.82 Å². The van der Waals surface area contributed by atoms with Gasteiger partial charge in [0.25, 0.3) is 0 Å². The quantitative estimate of drug-likeness (QED) is 0.790. The summed E-state index contributed by atoms with van der Waals surface area (Å²) in [5.41, 5.74) is 0.950. The highest BCUT2D eigenvalue weighted by Crippen LogP contribution is 2.02. The molecule has 0 fully saturated rings. The summed E-state index contributed by atoms with van der Waals surface area (Å²) in [6, 6.07) is 6.12. The van der Waals surface area contributed by atoms with Gasteiger partial charge in [-0.2, -0.15) is 0 Å². The number of nitrogens with one attached hydrogen (secondary N) is 2. The van der Waals surface area contributed by atoms with Crippen molar-refractivity contribution >= 4 is 11.8 Å². The van der Waals surface area contributed by atoms with Gasteiger partial charge >= 0.3 is 0 Å². The van der Waals surface area contributed by atoms with E-state index in [1.807, 2.05) is 0 Å². The van der Waals surface area contributed by atoms with Crippen molar-refractivity contribution < 1.29 is 14.0 Å². The lowest BCUT2D eigenvalue weighted by Crippen LogP contribution is -2.36. The molecule has 0 aromatic heterocycles. The van der Waals surface area contributed by atoms with Crippen molar-refractivity contribution in [3.05, 3.63) is 35.6 Å². The van der Waals surface area contributed by atoms with Crippen LogP contribution in [0.4, 0.5) is 4.39 Å². The molecule has 17 heavy (non-hydrogen) atoms. The van der Waals surface area contributed by atoms with E-state index < -0.39 is 0 Å². The molecular weight excluding hydrogens is 223 g/mol. The molecule has 0 unspecified atom stereocenters. The monoisotopic (exact) mass is 238 g/mol. The average molecular weight is 238 g/mol. The number of hydrogen-bond acceptors (Lipinski definition) is 2. The summed E-state index contributed by atoms with van der Waals surface area (Å²) in [6.45, 7) is 1.80. The van der Waals surface area contributed by atoms with Crippen molar-refractivity contribution in [2.75, 3.05) is 13.1 Å². The van der Waals surface area contributed by atoms with Crippen LogP contribution < -0.4 is 10.6 Å². The van der Waals surface area contributed by atoms with Crippen LogP contribution in [0.3, 0.4) is 0 Å². The van der Waals surface area contributed by atoms with Gasteiger partial charge in [-0.3, -0.25) is 9.59 Å². The largest absolute Gasteiger partial charge is 0.354 e. The second-order valence-corrected chi connectivity index (χ2v) is 3.64. The van der Waals surface area contributed by atoms with Gasteiger partial charge in [-0.15, -0.1) is 0 Å². The van der Waals surface area contributed by atoms with Crippen LogP contribution in [0.1, 0.15) is 12.5 Å². The maximum Gasteiger partial charge on any atom is 0.239 e. The zero-order valence-electron chi connectivity index (χ0n) is 9.63. The highest BCUT2D eigenvalue weighted by Gasteiger charge is 2.01. The molecule has 0 heterocycles. The van der Waals surface area contributed by atoms with Gasteiger partial charge in [0.05, 0.1) is 6.54 Å². The Kier molecular flexibility index (Phi) is 5.13. The lowest BCUT2D eigenvalue weighted by molar-refractivity contribution is -0.125. The summed E-state index contributed by atoms with van der Waals surface area (Å²) in [7, 11) is 0. The number of rotatable bonds is 5. The molecule has 0 spiro atoms. The number of benzene rings is 1. The van der Waals surface area contributed by atoms with Crippen molar-refractivity contribution in [2.24, 2.45) is 0 Å². The fourth-order valence-corrected chi connectivity index (χ4v) is 1.26. The standard InChI is InChI=1S/C12H15FN2O2/c1-9(16)15-8-12(17)14-7-6-10-2-4-11(13)5-3-10/h2-5H,6-8H2,1H3,(H,14,17)(H,15,16). The van der Waals surface area contributed by atoms with Crippen LogP contribution in [0.2, 0.25) is 0 Å². The smallest absolute Gasteiger partial charge is 0.239 e. The minimum Gasteiger partial charge on any atom is -0.354 e. The molecular formula is C12H15FN2O2. The number of halogens is 1. The highest BCUT2D eigenvalue weighted by atomic mass is 19.1. The summed E-state index contributed by atoms with van der Waals surface area (Å²) in [5.74, 6) is -0.746. The lowest BCUT2D eigenvalue weighted by Gasteiger charge is -2.05. The Morgan fingerprint density at radius 2 is 1.82 bits per heavy atom. The van der Waals surface area contributed by atoms with Crippen LogP contribution in [0.5, 0.6) is 0 Å². The van der Waals surface area contributed by atoms with Gasteiger partial charge in [-0.1, -0.05) is 12.1 Å². The van der Waals surface area contributed by atoms with Crippen molar-refractivity contribution in [1.82, 2.24) is 10.6 Å². The van der Waals surface area contributed by atoms with Crippen LogP contribution >= 0.6 is 0 Å². The molecule has 2 amide bonds. The minimum atomic E-state index is -0.275. The van der Waals surface area contributed by atoms with E-state index in [-0.39, 0.29) is 24.2 Å². The normalized spacial score (nSPS) is 9.76. The van der Waals surface area contributed by atoms with E-state index in [2.05, 4.69) is 10.6 Å². The molecule has 92 valence electrons. The van der Waals surface area contributed by atoms with E-state index >= 15 is 0 Å². The highest BCUT2D eigenvalue weighted by molar-refractivity contribution is 5.83. The lowest BCUT2D eigenvalue weighted by atomic mass is 10.1. The molecule has 0 saturated carbocycles. The second kappa shape index (κ2) is 6.62. The first-order valence-electron chi connectivity index (χ1n) is 5.33. The molecule has 0 aliphatic carbocycles. The Morgan fingerprint density at radius 3 is 2.41 bits per heavy atom. The second-order valence-electron chi connectivity index (χ2n) is 3.64. The van der Waals surface area contributed by atoms with Crippen LogP contribution in [0.25, 0.3) is 0 Å². The van der Waals surface area contributed by atoms with E-state index in [0.29, 0.717) is 13.0 Å². The van der Waals surface area contributed by atoms with Gasteiger partial charge in [-0.05, 0) is 24.1 Å². The first kappa shape index (κ1) is 13.2. The number of amides is 2. The Balaban J connectivity index is 2.21. The summed E-state index contributed by atoms with van der Waals surface area (Å²) in [6.07, 6.45) is 0.631. The minimum absolute atomic E-state index is 0.0151. The van der Waals surface area contributed by atoms with Crippen molar-refractivity contribution in [2.45, 2.75) is 13.3 Å². The predicted octanol–water partition coefficient (Wildman–Crippen LogP) is 0.621. The Hall–Kier alpha value is -1.91. The zero-order valence-corrected chi connectivity index (χ0v) is 9.63. The van der Waals surface area contributed by atoms with Crippen LogP contribution in [-0.4, -0.2) is 24.9 Å². The number of hydrogen-bond donors (Lipinski definition) is 2. The molecule has 2 N–H and O–H groups in total. The van der Waals surface area contributed by atoms with Crippen LogP contribution in [-0.2, 0) is 16.0 Å². The Bertz CT molecular complexity index is 390. The SMILES string of the molecule is CC(=O)NCC(=O)NCCc1ccc(F)cc1. The van der Waals surface area contributed by atoms with E-state index in [4.69, 9.17) is 0 Å². The summed E-state index contributed by atoms with van der Waals surface area (Å²) >= 11 is 0. The molecule has 0 bridgehead atoms. The zero-order chi connectivity index (χ0) is 12.7. The van der Waals surface area contributed by atoms with Gasteiger partial charge in [0.2, 0.25) is 11.8 Å². The predicted molar refractivity (Wildman–Crippen MR) is 61.8 cm³/mol. The molecule has 0 atom stereocenters. The number of carbonyl (C=O) groups excluding carboxylic acids is 2. The van der Waals surface area contributed by atoms with Gasteiger partial charge in [0, 0.05) is 13.5 Å². The fourth-order valence-electron chi connectivity index (χ4n) is 1.26. The topological polar surface area (TPSA) is 58.2 Å². The summed E-state index contributed by atoms with van der Waals surface area (Å²) in [4.78, 5) is 21.8. The Morgan fingerprint density at radius 1 is 1.18 bits per heavy atom. The van der Waals surface area contributed by atoms with Gasteiger partial charge in [-0.25, -0.2) is 4.39 Å². The third-order valence-corrected chi connectivity index (χ3v) is 2.15. The molecule has 1 aromatic carbocycles. The molecule has 5 heteroatoms. The van der Waals surface area contributed by atoms with E-state index in [1.54, 1.807) is 12.1 Å². The number of carbonyl (C=O) groups is 2. The summed E-state index contributed by atoms with van der Waals surface area (Å²) < 4.78 is 12.6.